The van der Waals surface area contributed by atoms with Gasteiger partial charge in [0.15, 0.2) is 6.61 Å². The number of hydrogen-bond acceptors (Lipinski definition) is 6. The molecule has 8 nitrogen and oxygen atoms in total. The molecule has 6 rings (SSSR count). The van der Waals surface area contributed by atoms with Crippen LogP contribution in [0.15, 0.2) is 47.3 Å². The number of ether oxygens (including phenoxy) is 1. The van der Waals surface area contributed by atoms with Gasteiger partial charge in [-0.2, -0.15) is 0 Å². The quantitative estimate of drug-likeness (QED) is 0.295. The minimum Gasteiger partial charge on any atom is -0.467 e. The van der Waals surface area contributed by atoms with Crippen LogP contribution in [0.3, 0.4) is 0 Å². The normalized spacial score (nSPS) is 33.1. The lowest BCUT2D eigenvalue weighted by Crippen LogP contribution is -2.51. The maximum atomic E-state index is 12.8. The minimum absolute atomic E-state index is 0.158. The summed E-state index contributed by atoms with van der Waals surface area (Å²) in [5, 5.41) is 8.12. The van der Waals surface area contributed by atoms with E-state index >= 15 is 0 Å². The van der Waals surface area contributed by atoms with Crippen LogP contribution in [0.5, 0.6) is 0 Å². The molecule has 7 atom stereocenters. The fourth-order valence-corrected chi connectivity index (χ4v) is 9.58. The molecule has 43 heavy (non-hydrogen) atoms. The van der Waals surface area contributed by atoms with E-state index in [1.54, 1.807) is 6.92 Å². The van der Waals surface area contributed by atoms with Crippen molar-refractivity contribution in [2.75, 3.05) is 13.7 Å². The number of amides is 1. The van der Waals surface area contributed by atoms with Crippen LogP contribution in [0.25, 0.3) is 10.9 Å². The second kappa shape index (κ2) is 11.6. The molecule has 3 saturated carbocycles. The van der Waals surface area contributed by atoms with Crippen LogP contribution in [0.4, 0.5) is 0 Å². The Hall–Kier alpha value is -3.42. The highest BCUT2D eigenvalue weighted by atomic mass is 16.6. The van der Waals surface area contributed by atoms with Gasteiger partial charge >= 0.3 is 5.97 Å². The van der Waals surface area contributed by atoms with Crippen molar-refractivity contribution in [1.29, 1.82) is 0 Å². The number of benzene rings is 1. The zero-order valence-corrected chi connectivity index (χ0v) is 25.9. The van der Waals surface area contributed by atoms with Gasteiger partial charge in [0.25, 0.3) is 5.91 Å². The van der Waals surface area contributed by atoms with Crippen molar-refractivity contribution in [2.24, 2.45) is 39.7 Å². The van der Waals surface area contributed by atoms with Gasteiger partial charge in [-0.3, -0.25) is 9.59 Å². The molecule has 1 heterocycles. The zero-order chi connectivity index (χ0) is 30.4. The van der Waals surface area contributed by atoms with Crippen molar-refractivity contribution < 1.29 is 24.0 Å². The first-order valence-corrected chi connectivity index (χ1v) is 16.0. The SMILES string of the molecule is COC(=O)[C@H](Cc1c[nH]c2ccccc12)NC(=O)CO/N=C1\C=C2CC[C@H]3[C@@H](CC[C@]4(C)[C@H](C(C)=O)CC[C@@H]34)[C@@]2(C)CC1. The summed E-state index contributed by atoms with van der Waals surface area (Å²) in [6.45, 7) is 6.37. The Bertz CT molecular complexity index is 1470. The number of aromatic nitrogens is 1. The molecule has 0 saturated heterocycles. The molecule has 4 aliphatic carbocycles. The van der Waals surface area contributed by atoms with Crippen molar-refractivity contribution in [3.8, 4) is 0 Å². The number of ketones is 1. The van der Waals surface area contributed by atoms with Gasteiger partial charge in [0, 0.05) is 29.4 Å². The predicted molar refractivity (Wildman–Crippen MR) is 165 cm³/mol. The van der Waals surface area contributed by atoms with Gasteiger partial charge in [0.2, 0.25) is 0 Å². The Balaban J connectivity index is 1.07. The summed E-state index contributed by atoms with van der Waals surface area (Å²) in [5.41, 5.74) is 4.56. The summed E-state index contributed by atoms with van der Waals surface area (Å²) in [7, 11) is 1.32. The Labute approximate surface area is 254 Å². The van der Waals surface area contributed by atoms with Crippen molar-refractivity contribution in [1.82, 2.24) is 10.3 Å². The van der Waals surface area contributed by atoms with E-state index in [1.165, 1.54) is 31.9 Å². The Morgan fingerprint density at radius 1 is 1.07 bits per heavy atom. The van der Waals surface area contributed by atoms with Gasteiger partial charge in [-0.1, -0.05) is 42.8 Å². The van der Waals surface area contributed by atoms with Gasteiger partial charge in [-0.15, -0.1) is 0 Å². The van der Waals surface area contributed by atoms with Gasteiger partial charge < -0.3 is 19.9 Å². The summed E-state index contributed by atoms with van der Waals surface area (Å²) in [6.07, 6.45) is 13.1. The van der Waals surface area contributed by atoms with Crippen LogP contribution in [0, 0.1) is 34.5 Å². The van der Waals surface area contributed by atoms with Crippen molar-refractivity contribution in [3.05, 3.63) is 47.7 Å². The van der Waals surface area contributed by atoms with Gasteiger partial charge in [-0.05, 0) is 105 Å². The zero-order valence-electron chi connectivity index (χ0n) is 25.9. The number of nitrogens with one attached hydrogen (secondary N) is 2. The number of hydrogen-bond donors (Lipinski definition) is 2. The van der Waals surface area contributed by atoms with Crippen molar-refractivity contribution in [2.45, 2.75) is 84.6 Å². The number of methoxy groups -OCH3 is 1. The highest BCUT2D eigenvalue weighted by Crippen LogP contribution is 2.66. The number of carbonyl (C=O) groups excluding carboxylic acids is 3. The van der Waals surface area contributed by atoms with Crippen LogP contribution in [-0.4, -0.2) is 48.1 Å². The molecule has 0 spiro atoms. The molecule has 4 aliphatic rings. The molecule has 8 heteroatoms. The van der Waals surface area contributed by atoms with Crippen LogP contribution in [0.2, 0.25) is 0 Å². The summed E-state index contributed by atoms with van der Waals surface area (Å²) < 4.78 is 4.96. The second-order valence-electron chi connectivity index (χ2n) is 13.9. The molecule has 1 aromatic carbocycles. The number of para-hydroxylation sites is 1. The number of allylic oxidation sites excluding steroid dienone is 2. The maximum absolute atomic E-state index is 12.8. The average molecular weight is 588 g/mol. The number of H-pyrrole nitrogens is 1. The number of nitrogens with zero attached hydrogens (tertiary/aromatic N) is 1. The highest BCUT2D eigenvalue weighted by Gasteiger charge is 2.59. The van der Waals surface area contributed by atoms with Gasteiger partial charge in [0.1, 0.15) is 11.8 Å². The first-order valence-electron chi connectivity index (χ1n) is 16.0. The van der Waals surface area contributed by atoms with Crippen molar-refractivity contribution >= 4 is 34.3 Å². The van der Waals surface area contributed by atoms with E-state index < -0.39 is 17.9 Å². The first kappa shape index (κ1) is 29.6. The summed E-state index contributed by atoms with van der Waals surface area (Å²) in [6, 6.07) is 7.01. The van der Waals surface area contributed by atoms with E-state index in [0.717, 1.165) is 54.3 Å². The molecular formula is C35H45N3O5. The lowest BCUT2D eigenvalue weighted by atomic mass is 9.46. The number of Topliss-reactive ketones (excluding diaryl/α,β-unsaturated/α-hetero) is 1. The molecule has 2 aromatic rings. The molecular weight excluding hydrogens is 542 g/mol. The lowest BCUT2D eigenvalue weighted by molar-refractivity contribution is -0.145. The number of aromatic amines is 1. The monoisotopic (exact) mass is 587 g/mol. The number of fused-ring (bicyclic) bond motifs is 6. The third-order valence-electron chi connectivity index (χ3n) is 11.8. The predicted octanol–water partition coefficient (Wildman–Crippen LogP) is 5.91. The molecule has 1 amide bonds. The van der Waals surface area contributed by atoms with Crippen LogP contribution in [0.1, 0.15) is 77.7 Å². The van der Waals surface area contributed by atoms with Gasteiger partial charge in [0.05, 0.1) is 12.8 Å². The summed E-state index contributed by atoms with van der Waals surface area (Å²) >= 11 is 0. The van der Waals surface area contributed by atoms with E-state index in [-0.39, 0.29) is 23.4 Å². The van der Waals surface area contributed by atoms with Gasteiger partial charge in [-0.25, -0.2) is 4.79 Å². The molecule has 2 N–H and O–H groups in total. The third kappa shape index (κ3) is 5.31. The highest BCUT2D eigenvalue weighted by molar-refractivity contribution is 5.96. The van der Waals surface area contributed by atoms with E-state index in [2.05, 4.69) is 35.4 Å². The molecule has 0 bridgehead atoms. The topological polar surface area (TPSA) is 110 Å². The minimum atomic E-state index is -0.830. The maximum Gasteiger partial charge on any atom is 0.328 e. The Kier molecular flexibility index (Phi) is 7.99. The molecule has 230 valence electrons. The first-order chi connectivity index (χ1) is 20.6. The molecule has 0 aliphatic heterocycles. The number of oxime groups is 1. The van der Waals surface area contributed by atoms with E-state index in [9.17, 15) is 14.4 Å². The second-order valence-corrected chi connectivity index (χ2v) is 13.9. The number of esters is 1. The fourth-order valence-electron chi connectivity index (χ4n) is 9.58. The Morgan fingerprint density at radius 2 is 1.88 bits per heavy atom. The number of rotatable bonds is 8. The van der Waals surface area contributed by atoms with Crippen LogP contribution < -0.4 is 5.32 Å². The summed E-state index contributed by atoms with van der Waals surface area (Å²) in [5.74, 6) is 1.69. The smallest absolute Gasteiger partial charge is 0.328 e. The molecule has 0 unspecified atom stereocenters. The Morgan fingerprint density at radius 3 is 2.67 bits per heavy atom. The van der Waals surface area contributed by atoms with Crippen molar-refractivity contribution in [3.63, 3.8) is 0 Å². The van der Waals surface area contributed by atoms with Crippen LogP contribution in [-0.2, 0) is 30.4 Å². The number of carbonyl (C=O) groups is 3. The summed E-state index contributed by atoms with van der Waals surface area (Å²) in [4.78, 5) is 46.4. The van der Waals surface area contributed by atoms with E-state index in [1.807, 2.05) is 30.5 Å². The largest absolute Gasteiger partial charge is 0.467 e. The standard InChI is InChI=1S/C35H45N3O5/c1-21(39)27-11-12-28-26-10-9-23-18-24(13-15-34(23,2)29(26)14-16-35(27,28)3)38-43-20-32(40)37-31(33(41)42-4)17-22-19-36-30-8-6-5-7-25(22)30/h5-8,18-19,26-29,31,36H,9-17,20H2,1-4H3,(H,37,40)/b38-24-/t26-,27+,28+,29-,31+,34+,35-/m1/s1. The third-order valence-corrected chi connectivity index (χ3v) is 11.8. The molecule has 3 fully saturated rings. The van der Waals surface area contributed by atoms with E-state index in [4.69, 9.17) is 9.57 Å². The molecule has 1 aromatic heterocycles. The fraction of sp³-hybridized carbons (Fsp3) is 0.600. The molecule has 0 radical (unpaired) electrons. The average Bonchev–Trinajstić information content (AvgIpc) is 3.57. The van der Waals surface area contributed by atoms with Crippen LogP contribution >= 0.6 is 0 Å². The lowest BCUT2D eigenvalue weighted by Gasteiger charge is -2.58. The van der Waals surface area contributed by atoms with E-state index in [0.29, 0.717) is 30.0 Å².